The highest BCUT2D eigenvalue weighted by molar-refractivity contribution is 7.90. The fourth-order valence-corrected chi connectivity index (χ4v) is 6.75. The second kappa shape index (κ2) is 11.2. The van der Waals surface area contributed by atoms with Crippen LogP contribution in [0.1, 0.15) is 58.1 Å². The number of aliphatic hydroxyl groups excluding tert-OH is 1. The van der Waals surface area contributed by atoms with Gasteiger partial charge >= 0.3 is 6.09 Å². The van der Waals surface area contributed by atoms with E-state index in [9.17, 15) is 13.2 Å². The Balaban J connectivity index is 1.36. The maximum Gasteiger partial charge on any atom is 0.409 e. The molecular formula is C29H40N2O6S. The molecule has 1 saturated heterocycles. The van der Waals surface area contributed by atoms with Gasteiger partial charge in [0, 0.05) is 44.3 Å². The molecule has 1 aromatic heterocycles. The number of piperidine rings is 1. The Morgan fingerprint density at radius 2 is 1.92 bits per heavy atom. The van der Waals surface area contributed by atoms with Gasteiger partial charge in [0.2, 0.25) is 0 Å². The Morgan fingerprint density at radius 3 is 2.55 bits per heavy atom. The number of fused-ring (bicyclic) bond motifs is 1. The van der Waals surface area contributed by atoms with Crippen LogP contribution in [0.25, 0.3) is 11.3 Å². The SMILES string of the molecule is C[C@H](CO)CS(=O)(=O)Cc1ccc(-c2ccc3c(c2)CCC2(CCN(C(=O)OCC(C)(C)C)CC2)O3)nc1. The minimum atomic E-state index is -3.31. The van der Waals surface area contributed by atoms with Crippen molar-refractivity contribution in [1.82, 2.24) is 9.88 Å². The molecule has 2 aliphatic rings. The zero-order valence-corrected chi connectivity index (χ0v) is 23.7. The molecule has 0 saturated carbocycles. The van der Waals surface area contributed by atoms with Gasteiger partial charge in [-0.15, -0.1) is 0 Å². The van der Waals surface area contributed by atoms with Crippen molar-refractivity contribution in [3.63, 3.8) is 0 Å². The van der Waals surface area contributed by atoms with E-state index in [0.29, 0.717) is 25.3 Å². The summed E-state index contributed by atoms with van der Waals surface area (Å²) in [4.78, 5) is 18.7. The van der Waals surface area contributed by atoms with Crippen LogP contribution in [0, 0.1) is 11.3 Å². The number of pyridine rings is 1. The highest BCUT2D eigenvalue weighted by Gasteiger charge is 2.41. The van der Waals surface area contributed by atoms with Gasteiger partial charge in [0.1, 0.15) is 11.4 Å². The molecule has 9 heteroatoms. The van der Waals surface area contributed by atoms with Crippen molar-refractivity contribution in [1.29, 1.82) is 0 Å². The summed E-state index contributed by atoms with van der Waals surface area (Å²) >= 11 is 0. The first kappa shape index (κ1) is 28.4. The van der Waals surface area contributed by atoms with Crippen molar-refractivity contribution in [3.8, 4) is 17.0 Å². The summed E-state index contributed by atoms with van der Waals surface area (Å²) in [5.74, 6) is 0.462. The topological polar surface area (TPSA) is 106 Å². The van der Waals surface area contributed by atoms with Gasteiger partial charge in [0.25, 0.3) is 0 Å². The lowest BCUT2D eigenvalue weighted by Crippen LogP contribution is -2.51. The number of benzene rings is 1. The Hall–Kier alpha value is -2.65. The zero-order chi connectivity index (χ0) is 27.6. The molecule has 1 spiro atoms. The number of hydrogen-bond donors (Lipinski definition) is 1. The molecule has 8 nitrogen and oxygen atoms in total. The lowest BCUT2D eigenvalue weighted by molar-refractivity contribution is -0.0171. The average molecular weight is 545 g/mol. The van der Waals surface area contributed by atoms with Crippen molar-refractivity contribution in [2.24, 2.45) is 11.3 Å². The monoisotopic (exact) mass is 544 g/mol. The summed E-state index contributed by atoms with van der Waals surface area (Å²) < 4.78 is 36.7. The van der Waals surface area contributed by atoms with Gasteiger partial charge in [-0.05, 0) is 59.6 Å². The van der Waals surface area contributed by atoms with Crippen LogP contribution in [-0.4, -0.2) is 67.2 Å². The van der Waals surface area contributed by atoms with Crippen LogP contribution in [0.3, 0.4) is 0 Å². The molecule has 2 aliphatic heterocycles. The van der Waals surface area contributed by atoms with Crippen LogP contribution < -0.4 is 4.74 Å². The summed E-state index contributed by atoms with van der Waals surface area (Å²) in [7, 11) is -3.31. The first-order valence-corrected chi connectivity index (χ1v) is 15.2. The van der Waals surface area contributed by atoms with Gasteiger partial charge in [0.05, 0.1) is 23.8 Å². The third kappa shape index (κ3) is 7.26. The highest BCUT2D eigenvalue weighted by Crippen LogP contribution is 2.40. The fraction of sp³-hybridized carbons (Fsp3) is 0.586. The maximum atomic E-state index is 12.4. The Morgan fingerprint density at radius 1 is 1.18 bits per heavy atom. The molecule has 1 amide bonds. The molecule has 1 fully saturated rings. The Bertz CT molecular complexity index is 1230. The number of rotatable bonds is 7. The lowest BCUT2D eigenvalue weighted by Gasteiger charge is -2.44. The number of aryl methyl sites for hydroxylation is 1. The predicted molar refractivity (Wildman–Crippen MR) is 147 cm³/mol. The predicted octanol–water partition coefficient (Wildman–Crippen LogP) is 4.63. The van der Waals surface area contributed by atoms with Crippen LogP contribution >= 0.6 is 0 Å². The second-order valence-electron chi connectivity index (χ2n) is 12.1. The Labute approximate surface area is 226 Å². The summed E-state index contributed by atoms with van der Waals surface area (Å²) in [6.07, 6.45) is 4.71. The number of amides is 1. The molecule has 4 rings (SSSR count). The molecule has 0 aliphatic carbocycles. The smallest absolute Gasteiger partial charge is 0.409 e. The number of carbonyl (C=O) groups is 1. The van der Waals surface area contributed by atoms with Gasteiger partial charge in [-0.1, -0.05) is 33.8 Å². The van der Waals surface area contributed by atoms with Crippen LogP contribution in [0.5, 0.6) is 5.75 Å². The Kier molecular flexibility index (Phi) is 8.37. The molecule has 1 N–H and O–H groups in total. The molecule has 38 heavy (non-hydrogen) atoms. The normalized spacial score (nSPS) is 18.0. The number of nitrogens with zero attached hydrogens (tertiary/aromatic N) is 2. The van der Waals surface area contributed by atoms with Gasteiger partial charge in [-0.3, -0.25) is 4.98 Å². The minimum Gasteiger partial charge on any atom is -0.487 e. The fourth-order valence-electron chi connectivity index (χ4n) is 4.98. The van der Waals surface area contributed by atoms with Gasteiger partial charge < -0.3 is 19.5 Å². The van der Waals surface area contributed by atoms with Gasteiger partial charge in [-0.25, -0.2) is 13.2 Å². The van der Waals surface area contributed by atoms with E-state index in [-0.39, 0.29) is 41.1 Å². The number of aliphatic hydroxyl groups is 1. The summed E-state index contributed by atoms with van der Waals surface area (Å²) in [6.45, 7) is 9.36. The number of ether oxygens (including phenoxy) is 2. The van der Waals surface area contributed by atoms with E-state index in [1.54, 1.807) is 24.1 Å². The number of aromatic nitrogens is 1. The number of likely N-dealkylation sites (tertiary alicyclic amines) is 1. The van der Waals surface area contributed by atoms with Crippen molar-refractivity contribution in [2.75, 3.05) is 32.1 Å². The third-order valence-corrected chi connectivity index (χ3v) is 9.01. The zero-order valence-electron chi connectivity index (χ0n) is 22.9. The molecule has 2 aromatic rings. The van der Waals surface area contributed by atoms with E-state index in [0.717, 1.165) is 48.3 Å². The third-order valence-electron chi connectivity index (χ3n) is 7.16. The molecule has 1 atom stereocenters. The summed E-state index contributed by atoms with van der Waals surface area (Å²) in [5.41, 5.74) is 3.19. The number of hydrogen-bond acceptors (Lipinski definition) is 7. The van der Waals surface area contributed by atoms with Crippen molar-refractivity contribution in [2.45, 2.75) is 64.7 Å². The molecule has 1 aromatic carbocycles. The van der Waals surface area contributed by atoms with E-state index in [2.05, 4.69) is 11.1 Å². The molecule has 0 unspecified atom stereocenters. The number of sulfone groups is 1. The molecule has 3 heterocycles. The highest BCUT2D eigenvalue weighted by atomic mass is 32.2. The molecule has 0 bridgehead atoms. The minimum absolute atomic E-state index is 0.0448. The van der Waals surface area contributed by atoms with E-state index in [4.69, 9.17) is 14.6 Å². The first-order valence-electron chi connectivity index (χ1n) is 13.4. The van der Waals surface area contributed by atoms with E-state index in [1.807, 2.05) is 39.0 Å². The summed E-state index contributed by atoms with van der Waals surface area (Å²) in [5, 5.41) is 9.15. The average Bonchev–Trinajstić information content (AvgIpc) is 2.87. The molecule has 208 valence electrons. The largest absolute Gasteiger partial charge is 0.487 e. The van der Waals surface area contributed by atoms with Crippen LogP contribution in [0.15, 0.2) is 36.5 Å². The van der Waals surface area contributed by atoms with Crippen LogP contribution in [0.4, 0.5) is 4.79 Å². The van der Waals surface area contributed by atoms with Gasteiger partial charge in [-0.2, -0.15) is 0 Å². The van der Waals surface area contributed by atoms with Crippen LogP contribution in [-0.2, 0) is 26.7 Å². The van der Waals surface area contributed by atoms with E-state index < -0.39 is 9.84 Å². The van der Waals surface area contributed by atoms with Gasteiger partial charge in [0.15, 0.2) is 9.84 Å². The first-order chi connectivity index (χ1) is 17.9. The standard InChI is InChI=1S/C29H40N2O6S/c1-21(17-32)18-38(34,35)19-22-5-7-25(30-16-22)23-6-8-26-24(15-23)9-10-29(37-26)11-13-31(14-12-29)27(33)36-20-28(2,3)4/h5-8,15-16,21,32H,9-14,17-20H2,1-4H3/t21-/m1/s1. The van der Waals surface area contributed by atoms with E-state index >= 15 is 0 Å². The number of carbonyl (C=O) groups excluding carboxylic acids is 1. The molecular weight excluding hydrogens is 504 g/mol. The summed E-state index contributed by atoms with van der Waals surface area (Å²) in [6, 6.07) is 9.73. The van der Waals surface area contributed by atoms with Crippen molar-refractivity contribution < 1.29 is 27.8 Å². The van der Waals surface area contributed by atoms with Crippen LogP contribution in [0.2, 0.25) is 0 Å². The van der Waals surface area contributed by atoms with Crippen molar-refractivity contribution >= 4 is 15.9 Å². The van der Waals surface area contributed by atoms with E-state index in [1.165, 1.54) is 0 Å². The molecule has 0 radical (unpaired) electrons. The second-order valence-corrected chi connectivity index (χ2v) is 14.2. The maximum absolute atomic E-state index is 12.4. The quantitative estimate of drug-likeness (QED) is 0.542. The lowest BCUT2D eigenvalue weighted by atomic mass is 9.83. The van der Waals surface area contributed by atoms with Crippen molar-refractivity contribution in [3.05, 3.63) is 47.7 Å².